The molecule has 5 atom stereocenters. The Kier molecular flexibility index (Phi) is 8.51. The van der Waals surface area contributed by atoms with Crippen molar-refractivity contribution in [2.24, 2.45) is 17.8 Å². The molecule has 0 unspecified atom stereocenters. The molecule has 2 rings (SSSR count). The molecule has 0 spiro atoms. The minimum absolute atomic E-state index is 0.116. The summed E-state index contributed by atoms with van der Waals surface area (Å²) in [6, 6.07) is 10.7. The summed E-state index contributed by atoms with van der Waals surface area (Å²) < 4.78 is 6.81. The Bertz CT molecular complexity index is 659. The third-order valence-corrected chi connectivity index (χ3v) is 11.6. The predicted octanol–water partition coefficient (Wildman–Crippen LogP) is 6.78. The lowest BCUT2D eigenvalue weighted by Crippen LogP contribution is -2.43. The first-order valence-electron chi connectivity index (χ1n) is 11.2. The third-order valence-electron chi connectivity index (χ3n) is 7.06. The minimum Gasteiger partial charge on any atom is -0.411 e. The molecular weight excluding hydrogens is 372 g/mol. The molecule has 1 fully saturated rings. The zero-order valence-electron chi connectivity index (χ0n) is 19.4. The molecule has 0 saturated heterocycles. The number of hydrogen-bond donors (Lipinski definition) is 1. The Morgan fingerprint density at radius 3 is 2.48 bits per heavy atom. The summed E-state index contributed by atoms with van der Waals surface area (Å²) in [5.41, 5.74) is 1.36. The van der Waals surface area contributed by atoms with Gasteiger partial charge in [-0.1, -0.05) is 76.3 Å². The van der Waals surface area contributed by atoms with E-state index in [0.717, 1.165) is 25.7 Å². The van der Waals surface area contributed by atoms with E-state index in [1.807, 2.05) is 6.08 Å². The Morgan fingerprint density at radius 2 is 1.90 bits per heavy atom. The van der Waals surface area contributed by atoms with Crippen molar-refractivity contribution in [3.63, 3.8) is 0 Å². The summed E-state index contributed by atoms with van der Waals surface area (Å²) in [5.74, 6) is 1.17. The monoisotopic (exact) mass is 414 g/mol. The number of allylic oxidation sites excluding steroid dienone is 2. The molecule has 0 amide bonds. The maximum absolute atomic E-state index is 10.5. The van der Waals surface area contributed by atoms with Crippen molar-refractivity contribution in [3.05, 3.63) is 60.7 Å². The maximum Gasteiger partial charge on any atom is 0.192 e. The molecule has 29 heavy (non-hydrogen) atoms. The van der Waals surface area contributed by atoms with Crippen LogP contribution in [0.15, 0.2) is 55.1 Å². The predicted molar refractivity (Wildman–Crippen MR) is 128 cm³/mol. The number of rotatable bonds is 9. The summed E-state index contributed by atoms with van der Waals surface area (Å²) in [6.45, 7) is 17.7. The Morgan fingerprint density at radius 1 is 1.24 bits per heavy atom. The standard InChI is InChI=1S/C26H42O2Si/c1-8-12-24-23(20(2)19-25(24)27)18-17-22(28-29(6,7)26(3,4)5)16-15-21-13-10-9-11-14-21/h8-11,13-14,17-18,20,22-25,27H,1,12,15-16,19H2,2-7H3/b18-17+/t20-,22+,23+,24-,25-/m1/s1. The second-order valence-corrected chi connectivity index (χ2v) is 15.1. The summed E-state index contributed by atoms with van der Waals surface area (Å²) in [6.07, 6.45) is 10.3. The van der Waals surface area contributed by atoms with Gasteiger partial charge in [0.15, 0.2) is 8.32 Å². The highest BCUT2D eigenvalue weighted by atomic mass is 28.4. The minimum atomic E-state index is -1.86. The first-order valence-corrected chi connectivity index (χ1v) is 14.1. The van der Waals surface area contributed by atoms with Crippen LogP contribution in [0.25, 0.3) is 0 Å². The molecule has 0 heterocycles. The molecule has 162 valence electrons. The van der Waals surface area contributed by atoms with Crippen LogP contribution in [0.1, 0.15) is 52.5 Å². The Hall–Kier alpha value is -1.16. The van der Waals surface area contributed by atoms with Gasteiger partial charge in [-0.3, -0.25) is 0 Å². The van der Waals surface area contributed by atoms with Crippen molar-refractivity contribution in [1.29, 1.82) is 0 Å². The largest absolute Gasteiger partial charge is 0.411 e. The van der Waals surface area contributed by atoms with Gasteiger partial charge in [-0.2, -0.15) is 0 Å². The Labute approximate surface area is 180 Å². The molecular formula is C26H42O2Si. The van der Waals surface area contributed by atoms with E-state index in [9.17, 15) is 5.11 Å². The fourth-order valence-corrected chi connectivity index (χ4v) is 5.49. The van der Waals surface area contributed by atoms with Crippen molar-refractivity contribution in [1.82, 2.24) is 0 Å². The van der Waals surface area contributed by atoms with Gasteiger partial charge in [0, 0.05) is 0 Å². The normalized spacial score (nSPS) is 26.7. The van der Waals surface area contributed by atoms with E-state index in [-0.39, 0.29) is 23.2 Å². The molecule has 3 heteroatoms. The molecule has 1 saturated carbocycles. The van der Waals surface area contributed by atoms with Crippen molar-refractivity contribution < 1.29 is 9.53 Å². The smallest absolute Gasteiger partial charge is 0.192 e. The van der Waals surface area contributed by atoms with E-state index in [1.54, 1.807) is 0 Å². The van der Waals surface area contributed by atoms with Gasteiger partial charge in [0.05, 0.1) is 12.2 Å². The molecule has 0 aromatic heterocycles. The fourth-order valence-electron chi connectivity index (χ4n) is 4.19. The average molecular weight is 415 g/mol. The molecule has 1 aliphatic carbocycles. The molecule has 1 aromatic carbocycles. The number of benzene rings is 1. The molecule has 2 nitrogen and oxygen atoms in total. The van der Waals surface area contributed by atoms with Gasteiger partial charge < -0.3 is 9.53 Å². The SMILES string of the molecule is C=CC[C@@H]1[C@@H](/C=C/[C@H](CCc2ccccc2)O[Si](C)(C)C(C)(C)C)[C@H](C)C[C@H]1O. The highest BCUT2D eigenvalue weighted by Crippen LogP contribution is 2.41. The number of aliphatic hydroxyl groups is 1. The lowest BCUT2D eigenvalue weighted by atomic mass is 9.87. The quantitative estimate of drug-likeness (QED) is 0.357. The summed E-state index contributed by atoms with van der Waals surface area (Å²) in [4.78, 5) is 0. The molecule has 0 radical (unpaired) electrons. The first-order chi connectivity index (χ1) is 13.5. The third kappa shape index (κ3) is 6.67. The van der Waals surface area contributed by atoms with Gasteiger partial charge in [-0.05, 0) is 67.1 Å². The zero-order valence-corrected chi connectivity index (χ0v) is 20.4. The molecule has 0 bridgehead atoms. The van der Waals surface area contributed by atoms with Gasteiger partial charge in [0.2, 0.25) is 0 Å². The van der Waals surface area contributed by atoms with E-state index < -0.39 is 8.32 Å². The van der Waals surface area contributed by atoms with Crippen molar-refractivity contribution in [3.8, 4) is 0 Å². The van der Waals surface area contributed by atoms with Crippen LogP contribution in [-0.4, -0.2) is 25.6 Å². The number of aliphatic hydroxyl groups excluding tert-OH is 1. The number of hydrogen-bond acceptors (Lipinski definition) is 2. The van der Waals surface area contributed by atoms with E-state index >= 15 is 0 Å². The molecule has 1 aliphatic rings. The van der Waals surface area contributed by atoms with Crippen LogP contribution in [0.4, 0.5) is 0 Å². The van der Waals surface area contributed by atoms with Crippen molar-refractivity contribution in [2.45, 2.75) is 83.7 Å². The summed E-state index contributed by atoms with van der Waals surface area (Å²) in [7, 11) is -1.86. The van der Waals surface area contributed by atoms with Crippen LogP contribution in [0, 0.1) is 17.8 Å². The number of aryl methyl sites for hydroxylation is 1. The van der Waals surface area contributed by atoms with Gasteiger partial charge >= 0.3 is 0 Å². The second-order valence-electron chi connectivity index (χ2n) is 10.4. The average Bonchev–Trinajstić information content (AvgIpc) is 2.90. The van der Waals surface area contributed by atoms with Crippen molar-refractivity contribution in [2.75, 3.05) is 0 Å². The highest BCUT2D eigenvalue weighted by Gasteiger charge is 2.40. The van der Waals surface area contributed by atoms with E-state index in [4.69, 9.17) is 4.43 Å². The van der Waals surface area contributed by atoms with Crippen LogP contribution in [0.2, 0.25) is 18.1 Å². The van der Waals surface area contributed by atoms with Crippen LogP contribution >= 0.6 is 0 Å². The van der Waals surface area contributed by atoms with E-state index in [0.29, 0.717) is 11.8 Å². The van der Waals surface area contributed by atoms with Crippen LogP contribution in [-0.2, 0) is 10.8 Å². The zero-order chi connectivity index (χ0) is 21.7. The van der Waals surface area contributed by atoms with E-state index in [2.05, 4.69) is 89.9 Å². The van der Waals surface area contributed by atoms with Crippen LogP contribution in [0.3, 0.4) is 0 Å². The topological polar surface area (TPSA) is 29.5 Å². The first kappa shape index (κ1) is 24.1. The van der Waals surface area contributed by atoms with Crippen LogP contribution < -0.4 is 0 Å². The lowest BCUT2D eigenvalue weighted by molar-refractivity contribution is 0.125. The fraction of sp³-hybridized carbons (Fsp3) is 0.615. The van der Waals surface area contributed by atoms with Gasteiger partial charge in [-0.25, -0.2) is 0 Å². The van der Waals surface area contributed by atoms with Gasteiger partial charge in [0.25, 0.3) is 0 Å². The molecule has 1 aromatic rings. The lowest BCUT2D eigenvalue weighted by Gasteiger charge is -2.39. The van der Waals surface area contributed by atoms with Crippen molar-refractivity contribution >= 4 is 8.32 Å². The maximum atomic E-state index is 10.5. The summed E-state index contributed by atoms with van der Waals surface area (Å²) in [5, 5.41) is 10.7. The van der Waals surface area contributed by atoms with Gasteiger partial charge in [0.1, 0.15) is 0 Å². The van der Waals surface area contributed by atoms with E-state index in [1.165, 1.54) is 5.56 Å². The summed E-state index contributed by atoms with van der Waals surface area (Å²) >= 11 is 0. The highest BCUT2D eigenvalue weighted by molar-refractivity contribution is 6.74. The van der Waals surface area contributed by atoms with Crippen LogP contribution in [0.5, 0.6) is 0 Å². The molecule has 0 aliphatic heterocycles. The molecule has 1 N–H and O–H groups in total. The Balaban J connectivity index is 2.17. The second kappa shape index (κ2) is 10.2. The van der Waals surface area contributed by atoms with Gasteiger partial charge in [-0.15, -0.1) is 6.58 Å².